The minimum absolute atomic E-state index is 0.121. The molecule has 0 N–H and O–H groups in total. The molecular weight excluding hydrogens is 593 g/mol. The number of anilines is 1. The number of likely N-dealkylation sites (N-methyl/N-ethyl adjacent to an activating group) is 1. The van der Waals surface area contributed by atoms with E-state index in [1.165, 1.54) is 64.2 Å². The van der Waals surface area contributed by atoms with Crippen molar-refractivity contribution >= 4 is 21.4 Å². The number of piperidine rings is 2. The number of nitrogens with zero attached hydrogens (tertiary/aromatic N) is 4. The Hall–Kier alpha value is -2.68. The molecule has 0 radical (unpaired) electrons. The van der Waals surface area contributed by atoms with Gasteiger partial charge in [-0.1, -0.05) is 43.7 Å². The molecule has 0 unspecified atom stereocenters. The summed E-state index contributed by atoms with van der Waals surface area (Å²) in [5, 5.41) is -0.438. The molecule has 248 valence electrons. The summed E-state index contributed by atoms with van der Waals surface area (Å²) < 4.78 is 26.6. The van der Waals surface area contributed by atoms with Crippen LogP contribution in [0.2, 0.25) is 0 Å². The third-order valence-electron chi connectivity index (χ3n) is 12.3. The molecule has 46 heavy (non-hydrogen) atoms. The van der Waals surface area contributed by atoms with Gasteiger partial charge in [-0.05, 0) is 112 Å². The number of benzene rings is 2. The molecule has 0 spiro atoms. The van der Waals surface area contributed by atoms with Gasteiger partial charge in [-0.25, -0.2) is 8.42 Å². The summed E-state index contributed by atoms with van der Waals surface area (Å²) in [6.07, 6.45) is 10.4. The van der Waals surface area contributed by atoms with Crippen LogP contribution in [-0.4, -0.2) is 93.7 Å². The van der Waals surface area contributed by atoms with Crippen LogP contribution in [0, 0.1) is 17.8 Å². The molecule has 7 rings (SSSR count). The van der Waals surface area contributed by atoms with Gasteiger partial charge < -0.3 is 19.6 Å². The van der Waals surface area contributed by atoms with Crippen LogP contribution in [0.3, 0.4) is 0 Å². The molecule has 4 heterocycles. The number of sulfone groups is 1. The summed E-state index contributed by atoms with van der Waals surface area (Å²) in [6.45, 7) is 12.4. The van der Waals surface area contributed by atoms with E-state index in [-0.39, 0.29) is 5.91 Å². The Morgan fingerprint density at radius 2 is 1.54 bits per heavy atom. The average Bonchev–Trinajstić information content (AvgIpc) is 3.62. The minimum Gasteiger partial charge on any atom is -0.371 e. The fourth-order valence-electron chi connectivity index (χ4n) is 9.91. The van der Waals surface area contributed by atoms with Crippen LogP contribution in [0.25, 0.3) is 0 Å². The van der Waals surface area contributed by atoms with Crippen LogP contribution in [0.1, 0.15) is 62.5 Å². The standard InChI is InChI=1S/C38H52N4O3S/c1-3-37(43)41-22-18-35(19-23-41)46(44,45)34-14-12-33(13-15-34)42-25-29(26-42)24-40-20-16-32(17-21-40)38(31-9-5-6-10-31)28-39(2)27-30-8-4-7-11-36(30)38/h3-4,7-8,11-15,29,31-32,35H,1,5-6,9-10,16-28H2,2H3/t38-/m0/s1. The zero-order valence-corrected chi connectivity index (χ0v) is 28.5. The highest BCUT2D eigenvalue weighted by atomic mass is 32.2. The molecule has 7 nitrogen and oxygen atoms in total. The van der Waals surface area contributed by atoms with Crippen LogP contribution in [-0.2, 0) is 26.6 Å². The summed E-state index contributed by atoms with van der Waals surface area (Å²) >= 11 is 0. The lowest BCUT2D eigenvalue weighted by Gasteiger charge is -2.54. The summed E-state index contributed by atoms with van der Waals surface area (Å²) in [4.78, 5) is 21.7. The van der Waals surface area contributed by atoms with E-state index in [2.05, 4.69) is 52.6 Å². The van der Waals surface area contributed by atoms with Crippen molar-refractivity contribution in [1.82, 2.24) is 14.7 Å². The fraction of sp³-hybridized carbons (Fsp3) is 0.605. The van der Waals surface area contributed by atoms with E-state index in [1.54, 1.807) is 28.2 Å². The number of amides is 1. The second-order valence-electron chi connectivity index (χ2n) is 15.0. The van der Waals surface area contributed by atoms with Crippen molar-refractivity contribution in [2.75, 3.05) is 64.3 Å². The maximum atomic E-state index is 13.3. The minimum atomic E-state index is -3.41. The summed E-state index contributed by atoms with van der Waals surface area (Å²) in [5.74, 6) is 2.11. The molecule has 1 atom stereocenters. The number of carbonyl (C=O) groups is 1. The van der Waals surface area contributed by atoms with Gasteiger partial charge in [0.1, 0.15) is 0 Å². The second kappa shape index (κ2) is 13.1. The predicted molar refractivity (Wildman–Crippen MR) is 185 cm³/mol. The number of carbonyl (C=O) groups excluding carboxylic acids is 1. The molecule has 2 aromatic rings. The summed E-state index contributed by atoms with van der Waals surface area (Å²) in [5.41, 5.74) is 4.66. The van der Waals surface area contributed by atoms with Crippen molar-refractivity contribution < 1.29 is 13.2 Å². The van der Waals surface area contributed by atoms with Gasteiger partial charge in [-0.15, -0.1) is 0 Å². The SMILES string of the molecule is C=CC(=O)N1CCC(S(=O)(=O)c2ccc(N3CC(CN4CCC([C@@]5(C6CCCC6)CN(C)Cc6ccccc65)CC4)C3)cc2)CC1. The van der Waals surface area contributed by atoms with Crippen molar-refractivity contribution in [3.63, 3.8) is 0 Å². The molecule has 3 saturated heterocycles. The molecule has 1 amide bonds. The van der Waals surface area contributed by atoms with Crippen molar-refractivity contribution in [2.24, 2.45) is 17.8 Å². The fourth-order valence-corrected chi connectivity index (χ4v) is 11.6. The molecule has 5 aliphatic rings. The number of likely N-dealkylation sites (tertiary alicyclic amines) is 2. The van der Waals surface area contributed by atoms with Gasteiger partial charge in [-0.3, -0.25) is 4.79 Å². The Morgan fingerprint density at radius 3 is 2.22 bits per heavy atom. The van der Waals surface area contributed by atoms with E-state index in [4.69, 9.17) is 0 Å². The lowest BCUT2D eigenvalue weighted by atomic mass is 9.57. The first kappa shape index (κ1) is 31.9. The van der Waals surface area contributed by atoms with Crippen molar-refractivity contribution in [3.8, 4) is 0 Å². The van der Waals surface area contributed by atoms with Gasteiger partial charge in [0.15, 0.2) is 9.84 Å². The van der Waals surface area contributed by atoms with Gasteiger partial charge in [-0.2, -0.15) is 0 Å². The van der Waals surface area contributed by atoms with Crippen LogP contribution in [0.4, 0.5) is 5.69 Å². The molecular formula is C38H52N4O3S. The molecule has 0 aromatic heterocycles. The molecule has 4 aliphatic heterocycles. The van der Waals surface area contributed by atoms with Crippen molar-refractivity contribution in [3.05, 3.63) is 72.3 Å². The Labute approximate surface area is 276 Å². The molecule has 4 fully saturated rings. The van der Waals surface area contributed by atoms with Gasteiger partial charge in [0, 0.05) is 62.8 Å². The Kier molecular flexibility index (Phi) is 9.07. The van der Waals surface area contributed by atoms with Crippen LogP contribution < -0.4 is 4.90 Å². The normalized spacial score (nSPS) is 26.2. The Bertz CT molecular complexity index is 1500. The third kappa shape index (κ3) is 5.94. The Morgan fingerprint density at radius 1 is 0.891 bits per heavy atom. The quantitative estimate of drug-likeness (QED) is 0.361. The molecule has 8 heteroatoms. The number of hydrogen-bond donors (Lipinski definition) is 0. The average molecular weight is 645 g/mol. The Balaban J connectivity index is 0.923. The highest BCUT2D eigenvalue weighted by Crippen LogP contribution is 2.53. The van der Waals surface area contributed by atoms with Crippen LogP contribution in [0.15, 0.2) is 66.1 Å². The molecule has 2 aromatic carbocycles. The van der Waals surface area contributed by atoms with Gasteiger partial charge in [0.2, 0.25) is 5.91 Å². The largest absolute Gasteiger partial charge is 0.371 e. The summed E-state index contributed by atoms with van der Waals surface area (Å²) in [7, 11) is -1.08. The monoisotopic (exact) mass is 644 g/mol. The maximum Gasteiger partial charge on any atom is 0.245 e. The molecule has 1 saturated carbocycles. The second-order valence-corrected chi connectivity index (χ2v) is 17.2. The predicted octanol–water partition coefficient (Wildman–Crippen LogP) is 5.36. The first-order valence-corrected chi connectivity index (χ1v) is 19.3. The number of rotatable bonds is 8. The lowest BCUT2D eigenvalue weighted by molar-refractivity contribution is -0.126. The van der Waals surface area contributed by atoms with Crippen molar-refractivity contribution in [1.29, 1.82) is 0 Å². The van der Waals surface area contributed by atoms with Crippen molar-refractivity contribution in [2.45, 2.75) is 73.5 Å². The zero-order chi connectivity index (χ0) is 31.9. The number of hydrogen-bond acceptors (Lipinski definition) is 6. The number of fused-ring (bicyclic) bond motifs is 1. The first-order chi connectivity index (χ1) is 22.3. The van der Waals surface area contributed by atoms with E-state index in [0.29, 0.717) is 42.2 Å². The topological polar surface area (TPSA) is 64.2 Å². The van der Waals surface area contributed by atoms with Crippen LogP contribution >= 0.6 is 0 Å². The third-order valence-corrected chi connectivity index (χ3v) is 14.5. The molecule has 1 aliphatic carbocycles. The van der Waals surface area contributed by atoms with E-state index < -0.39 is 15.1 Å². The smallest absolute Gasteiger partial charge is 0.245 e. The lowest BCUT2D eigenvalue weighted by Crippen LogP contribution is -2.56. The first-order valence-electron chi connectivity index (χ1n) is 17.8. The molecule has 0 bridgehead atoms. The van der Waals surface area contributed by atoms with E-state index in [0.717, 1.165) is 43.7 Å². The van der Waals surface area contributed by atoms with Gasteiger partial charge in [0.05, 0.1) is 10.1 Å². The highest BCUT2D eigenvalue weighted by molar-refractivity contribution is 7.92. The van der Waals surface area contributed by atoms with E-state index >= 15 is 0 Å². The maximum absolute atomic E-state index is 13.3. The van der Waals surface area contributed by atoms with Crippen LogP contribution in [0.5, 0.6) is 0 Å². The zero-order valence-electron chi connectivity index (χ0n) is 27.7. The van der Waals surface area contributed by atoms with E-state index in [1.807, 2.05) is 12.1 Å². The summed E-state index contributed by atoms with van der Waals surface area (Å²) in [6, 6.07) is 16.9. The van der Waals surface area contributed by atoms with E-state index in [9.17, 15) is 13.2 Å². The van der Waals surface area contributed by atoms with Gasteiger partial charge >= 0.3 is 0 Å². The van der Waals surface area contributed by atoms with Gasteiger partial charge in [0.25, 0.3) is 0 Å². The highest BCUT2D eigenvalue weighted by Gasteiger charge is 2.51.